The molecule has 5 nitrogen and oxygen atoms in total. The highest BCUT2D eigenvalue weighted by Crippen LogP contribution is 2.30. The van der Waals surface area contributed by atoms with Gasteiger partial charge in [-0.1, -0.05) is 57.9 Å². The van der Waals surface area contributed by atoms with Crippen molar-refractivity contribution in [1.29, 1.82) is 0 Å². The zero-order valence-corrected chi connectivity index (χ0v) is 18.6. The molecule has 29 heavy (non-hydrogen) atoms. The third-order valence-corrected chi connectivity index (χ3v) is 7.16. The molecule has 3 rings (SSSR count). The molecule has 0 aliphatic heterocycles. The summed E-state index contributed by atoms with van der Waals surface area (Å²) in [5, 5.41) is 2.98. The maximum Gasteiger partial charge on any atom is 0.264 e. The van der Waals surface area contributed by atoms with Crippen molar-refractivity contribution in [2.24, 2.45) is 0 Å². The standard InChI is InChI=1S/C21H18BrClN2O3S/c1-15-13-16(11-12-18(15)22)24-21(26)14-25(20-10-6-5-9-19(20)23)29(27,28)17-7-3-2-4-8-17/h2-13H,14H2,1H3,(H,24,26). The Labute approximate surface area is 183 Å². The Morgan fingerprint density at radius 2 is 1.69 bits per heavy atom. The van der Waals surface area contributed by atoms with Gasteiger partial charge in [0.25, 0.3) is 10.0 Å². The highest BCUT2D eigenvalue weighted by atomic mass is 79.9. The van der Waals surface area contributed by atoms with E-state index in [9.17, 15) is 13.2 Å². The van der Waals surface area contributed by atoms with E-state index in [1.807, 2.05) is 13.0 Å². The van der Waals surface area contributed by atoms with Gasteiger partial charge in [0.15, 0.2) is 0 Å². The van der Waals surface area contributed by atoms with Crippen LogP contribution in [0.5, 0.6) is 0 Å². The summed E-state index contributed by atoms with van der Waals surface area (Å²) in [6.45, 7) is 1.48. The van der Waals surface area contributed by atoms with Gasteiger partial charge in [-0.2, -0.15) is 0 Å². The van der Waals surface area contributed by atoms with Gasteiger partial charge < -0.3 is 5.32 Å². The number of para-hydroxylation sites is 1. The normalized spacial score (nSPS) is 11.1. The molecule has 0 aliphatic rings. The molecule has 0 heterocycles. The van der Waals surface area contributed by atoms with E-state index < -0.39 is 22.5 Å². The molecule has 150 valence electrons. The Kier molecular flexibility index (Phi) is 6.62. The van der Waals surface area contributed by atoms with Gasteiger partial charge in [0, 0.05) is 10.2 Å². The monoisotopic (exact) mass is 492 g/mol. The summed E-state index contributed by atoms with van der Waals surface area (Å²) in [4.78, 5) is 12.8. The maximum atomic E-state index is 13.3. The van der Waals surface area contributed by atoms with Gasteiger partial charge in [0.1, 0.15) is 6.54 Å². The number of carbonyl (C=O) groups is 1. The second-order valence-corrected chi connectivity index (χ2v) is 9.41. The number of nitrogens with one attached hydrogen (secondary N) is 1. The van der Waals surface area contributed by atoms with Crippen LogP contribution in [0.15, 0.2) is 82.2 Å². The number of hydrogen-bond donors (Lipinski definition) is 1. The quantitative estimate of drug-likeness (QED) is 0.510. The Bertz CT molecular complexity index is 1140. The summed E-state index contributed by atoms with van der Waals surface area (Å²) in [5.41, 5.74) is 1.76. The summed E-state index contributed by atoms with van der Waals surface area (Å²) in [6, 6.07) is 19.8. The molecule has 8 heteroatoms. The van der Waals surface area contributed by atoms with Crippen molar-refractivity contribution >= 4 is 54.8 Å². The number of halogens is 2. The largest absolute Gasteiger partial charge is 0.325 e. The third-order valence-electron chi connectivity index (χ3n) is 4.18. The molecule has 0 radical (unpaired) electrons. The van der Waals surface area contributed by atoms with Crippen molar-refractivity contribution in [2.75, 3.05) is 16.2 Å². The van der Waals surface area contributed by atoms with Crippen LogP contribution < -0.4 is 9.62 Å². The van der Waals surface area contributed by atoms with E-state index in [4.69, 9.17) is 11.6 Å². The number of nitrogens with zero attached hydrogens (tertiary/aromatic N) is 1. The molecule has 3 aromatic carbocycles. The van der Waals surface area contributed by atoms with Gasteiger partial charge in [-0.3, -0.25) is 9.10 Å². The zero-order valence-electron chi connectivity index (χ0n) is 15.5. The topological polar surface area (TPSA) is 66.5 Å². The van der Waals surface area contributed by atoms with Crippen LogP contribution in [0, 0.1) is 6.92 Å². The molecule has 0 aliphatic carbocycles. The molecule has 0 saturated heterocycles. The summed E-state index contributed by atoms with van der Waals surface area (Å²) < 4.78 is 28.4. The minimum atomic E-state index is -4.00. The minimum absolute atomic E-state index is 0.0761. The SMILES string of the molecule is Cc1cc(NC(=O)CN(c2ccccc2Cl)S(=O)(=O)c2ccccc2)ccc1Br. The van der Waals surface area contributed by atoms with E-state index in [0.29, 0.717) is 5.69 Å². The fourth-order valence-corrected chi connectivity index (χ4v) is 4.72. The second kappa shape index (κ2) is 8.98. The van der Waals surface area contributed by atoms with E-state index in [0.717, 1.165) is 14.3 Å². The van der Waals surface area contributed by atoms with Crippen molar-refractivity contribution in [2.45, 2.75) is 11.8 Å². The Hall–Kier alpha value is -2.35. The van der Waals surface area contributed by atoms with Gasteiger partial charge in [-0.15, -0.1) is 0 Å². The number of benzene rings is 3. The van der Waals surface area contributed by atoms with Gasteiger partial charge >= 0.3 is 0 Å². The van der Waals surface area contributed by atoms with Crippen LogP contribution in [0.4, 0.5) is 11.4 Å². The highest BCUT2D eigenvalue weighted by Gasteiger charge is 2.28. The molecule has 0 bridgehead atoms. The van der Waals surface area contributed by atoms with Crippen LogP contribution in [0.2, 0.25) is 5.02 Å². The fourth-order valence-electron chi connectivity index (χ4n) is 2.73. The molecule has 0 saturated carbocycles. The predicted molar refractivity (Wildman–Crippen MR) is 120 cm³/mol. The van der Waals surface area contributed by atoms with Crippen molar-refractivity contribution in [3.8, 4) is 0 Å². The number of hydrogen-bond acceptors (Lipinski definition) is 3. The van der Waals surface area contributed by atoms with Crippen LogP contribution in [0.3, 0.4) is 0 Å². The lowest BCUT2D eigenvalue weighted by Crippen LogP contribution is -2.38. The maximum absolute atomic E-state index is 13.3. The number of amides is 1. The van der Waals surface area contributed by atoms with E-state index >= 15 is 0 Å². The van der Waals surface area contributed by atoms with E-state index in [-0.39, 0.29) is 15.6 Å². The molecular weight excluding hydrogens is 476 g/mol. The summed E-state index contributed by atoms with van der Waals surface area (Å²) >= 11 is 9.66. The van der Waals surface area contributed by atoms with Crippen LogP contribution in [-0.4, -0.2) is 20.9 Å². The number of sulfonamides is 1. The highest BCUT2D eigenvalue weighted by molar-refractivity contribution is 9.10. The molecule has 0 spiro atoms. The van der Waals surface area contributed by atoms with Crippen molar-refractivity contribution < 1.29 is 13.2 Å². The van der Waals surface area contributed by atoms with E-state index in [1.54, 1.807) is 54.6 Å². The third kappa shape index (κ3) is 4.98. The first-order valence-corrected chi connectivity index (χ1v) is 11.3. The van der Waals surface area contributed by atoms with Gasteiger partial charge in [-0.25, -0.2) is 8.42 Å². The first-order valence-electron chi connectivity index (χ1n) is 8.67. The number of carbonyl (C=O) groups excluding carboxylic acids is 1. The average Bonchev–Trinajstić information content (AvgIpc) is 2.70. The van der Waals surface area contributed by atoms with Gasteiger partial charge in [-0.05, 0) is 55.0 Å². The molecular formula is C21H18BrClN2O3S. The van der Waals surface area contributed by atoms with Gasteiger partial charge in [0.2, 0.25) is 5.91 Å². The predicted octanol–water partition coefficient (Wildman–Crippen LogP) is 5.24. The van der Waals surface area contributed by atoms with Crippen molar-refractivity contribution in [1.82, 2.24) is 0 Å². The van der Waals surface area contributed by atoms with Crippen LogP contribution in [0.1, 0.15) is 5.56 Å². The van der Waals surface area contributed by atoms with Crippen LogP contribution >= 0.6 is 27.5 Å². The molecule has 1 N–H and O–H groups in total. The molecule has 0 fully saturated rings. The van der Waals surface area contributed by atoms with Crippen molar-refractivity contribution in [3.05, 3.63) is 87.9 Å². The average molecular weight is 494 g/mol. The Morgan fingerprint density at radius 3 is 2.34 bits per heavy atom. The molecule has 3 aromatic rings. The number of anilines is 2. The fraction of sp³-hybridized carbons (Fsp3) is 0.0952. The summed E-state index contributed by atoms with van der Waals surface area (Å²) in [5.74, 6) is -0.480. The Morgan fingerprint density at radius 1 is 1.03 bits per heavy atom. The van der Waals surface area contributed by atoms with Gasteiger partial charge in [0.05, 0.1) is 15.6 Å². The second-order valence-electron chi connectivity index (χ2n) is 6.29. The zero-order chi connectivity index (χ0) is 21.0. The van der Waals surface area contributed by atoms with E-state index in [1.165, 1.54) is 12.1 Å². The first-order chi connectivity index (χ1) is 13.8. The lowest BCUT2D eigenvalue weighted by molar-refractivity contribution is -0.114. The summed E-state index contributed by atoms with van der Waals surface area (Å²) in [7, 11) is -4.00. The summed E-state index contributed by atoms with van der Waals surface area (Å²) in [6.07, 6.45) is 0. The van der Waals surface area contributed by atoms with E-state index in [2.05, 4.69) is 21.2 Å². The molecule has 0 unspecified atom stereocenters. The van der Waals surface area contributed by atoms with Crippen LogP contribution in [-0.2, 0) is 14.8 Å². The molecule has 0 atom stereocenters. The smallest absolute Gasteiger partial charge is 0.264 e. The van der Waals surface area contributed by atoms with Crippen molar-refractivity contribution in [3.63, 3.8) is 0 Å². The lowest BCUT2D eigenvalue weighted by Gasteiger charge is -2.25. The first kappa shape index (κ1) is 21.4. The Balaban J connectivity index is 1.94. The lowest BCUT2D eigenvalue weighted by atomic mass is 10.2. The minimum Gasteiger partial charge on any atom is -0.325 e. The number of aryl methyl sites for hydroxylation is 1. The molecule has 0 aromatic heterocycles. The number of rotatable bonds is 6. The van der Waals surface area contributed by atoms with Crippen LogP contribution in [0.25, 0.3) is 0 Å². The molecule has 1 amide bonds.